The average Bonchev–Trinajstić information content (AvgIpc) is 2.86. The molecule has 9 heteroatoms. The Hall–Kier alpha value is -2.32. The second-order valence-corrected chi connectivity index (χ2v) is 12.2. The molecule has 9 nitrogen and oxygen atoms in total. The van der Waals surface area contributed by atoms with Gasteiger partial charge in [0.05, 0.1) is 0 Å². The smallest absolute Gasteiger partial charge is 0.315 e. The van der Waals surface area contributed by atoms with Gasteiger partial charge in [-0.05, 0) is 82.0 Å². The minimum atomic E-state index is -0.839. The molecule has 0 aromatic heterocycles. The molecule has 3 rings (SSSR count). The molecule has 216 valence electrons. The SMILES string of the molecule is CC(=O)N(CCCC(=O)O)CC1CCCC(NC(=O)CC2CCC(NC(=O)NC3CCCCC3C)CC2)C1. The zero-order chi connectivity index (χ0) is 27.5. The van der Waals surface area contributed by atoms with Crippen LogP contribution in [0.3, 0.4) is 0 Å². The number of hydrogen-bond donors (Lipinski definition) is 4. The standard InChI is InChI=1S/C29H50N4O5/c1-20-7-3-4-10-26(20)32-29(38)31-24-14-12-22(13-15-24)18-27(35)30-25-9-5-8-23(17-25)19-33(21(2)34)16-6-11-28(36)37/h20,22-26H,3-19H2,1-2H3,(H,30,35)(H,36,37)(H2,31,32,38). The fourth-order valence-electron chi connectivity index (χ4n) is 6.68. The van der Waals surface area contributed by atoms with Crippen LogP contribution < -0.4 is 16.0 Å². The van der Waals surface area contributed by atoms with Gasteiger partial charge in [-0.3, -0.25) is 14.4 Å². The summed E-state index contributed by atoms with van der Waals surface area (Å²) in [7, 11) is 0. The Bertz CT molecular complexity index is 798. The third-order valence-corrected chi connectivity index (χ3v) is 8.97. The Morgan fingerprint density at radius 1 is 0.816 bits per heavy atom. The number of amides is 4. The van der Waals surface area contributed by atoms with Crippen molar-refractivity contribution in [3.8, 4) is 0 Å². The average molecular weight is 535 g/mol. The molecule has 3 fully saturated rings. The molecule has 0 spiro atoms. The number of carbonyl (C=O) groups is 4. The Kier molecular flexibility index (Phi) is 12.2. The van der Waals surface area contributed by atoms with E-state index in [4.69, 9.17) is 5.11 Å². The lowest BCUT2D eigenvalue weighted by Gasteiger charge is -2.34. The number of rotatable bonds is 11. The molecular formula is C29H50N4O5. The van der Waals surface area contributed by atoms with Crippen molar-refractivity contribution < 1.29 is 24.3 Å². The van der Waals surface area contributed by atoms with Gasteiger partial charge < -0.3 is 26.0 Å². The first kappa shape index (κ1) is 30.2. The first-order valence-corrected chi connectivity index (χ1v) is 15.0. The van der Waals surface area contributed by atoms with Gasteiger partial charge in [-0.25, -0.2) is 4.79 Å². The van der Waals surface area contributed by atoms with Crippen LogP contribution in [0.25, 0.3) is 0 Å². The normalized spacial score (nSPS) is 29.6. The lowest BCUT2D eigenvalue weighted by molar-refractivity contribution is -0.138. The molecule has 0 radical (unpaired) electrons. The van der Waals surface area contributed by atoms with E-state index >= 15 is 0 Å². The van der Waals surface area contributed by atoms with E-state index in [0.717, 1.165) is 57.8 Å². The molecule has 38 heavy (non-hydrogen) atoms. The van der Waals surface area contributed by atoms with Crippen molar-refractivity contribution >= 4 is 23.8 Å². The van der Waals surface area contributed by atoms with Crippen molar-refractivity contribution in [3.05, 3.63) is 0 Å². The summed E-state index contributed by atoms with van der Waals surface area (Å²) in [6.07, 6.45) is 13.4. The number of nitrogens with zero attached hydrogens (tertiary/aromatic N) is 1. The zero-order valence-corrected chi connectivity index (χ0v) is 23.5. The van der Waals surface area contributed by atoms with Crippen LogP contribution in [0.2, 0.25) is 0 Å². The van der Waals surface area contributed by atoms with Gasteiger partial charge in [0.2, 0.25) is 11.8 Å². The number of carboxylic acid groups (broad SMARTS) is 1. The summed E-state index contributed by atoms with van der Waals surface area (Å²) in [6, 6.07) is 0.567. The first-order valence-electron chi connectivity index (χ1n) is 15.0. The molecule has 4 unspecified atom stereocenters. The van der Waals surface area contributed by atoms with Crippen LogP contribution in [-0.4, -0.2) is 65.0 Å². The van der Waals surface area contributed by atoms with Crippen LogP contribution in [-0.2, 0) is 14.4 Å². The summed E-state index contributed by atoms with van der Waals surface area (Å²) in [6.45, 7) is 4.86. The fraction of sp³-hybridized carbons (Fsp3) is 0.862. The van der Waals surface area contributed by atoms with Crippen molar-refractivity contribution in [2.24, 2.45) is 17.8 Å². The number of urea groups is 1. The summed E-state index contributed by atoms with van der Waals surface area (Å²) in [5.41, 5.74) is 0. The molecule has 0 aliphatic heterocycles. The van der Waals surface area contributed by atoms with Crippen molar-refractivity contribution in [1.29, 1.82) is 0 Å². The fourth-order valence-corrected chi connectivity index (χ4v) is 6.68. The summed E-state index contributed by atoms with van der Waals surface area (Å²) < 4.78 is 0. The van der Waals surface area contributed by atoms with E-state index in [2.05, 4.69) is 22.9 Å². The van der Waals surface area contributed by atoms with Crippen molar-refractivity contribution in [2.75, 3.05) is 13.1 Å². The second-order valence-electron chi connectivity index (χ2n) is 12.2. The van der Waals surface area contributed by atoms with Crippen LogP contribution in [0.1, 0.15) is 110 Å². The minimum Gasteiger partial charge on any atom is -0.481 e. The third-order valence-electron chi connectivity index (χ3n) is 8.97. The molecule has 4 amide bonds. The van der Waals surface area contributed by atoms with E-state index in [1.165, 1.54) is 26.2 Å². The summed E-state index contributed by atoms with van der Waals surface area (Å²) in [5, 5.41) is 18.5. The molecule has 0 bridgehead atoms. The molecule has 3 aliphatic rings. The monoisotopic (exact) mass is 534 g/mol. The van der Waals surface area contributed by atoms with Crippen LogP contribution in [0.5, 0.6) is 0 Å². The van der Waals surface area contributed by atoms with Gasteiger partial charge in [0.15, 0.2) is 0 Å². The molecular weight excluding hydrogens is 484 g/mol. The Morgan fingerprint density at radius 2 is 1.55 bits per heavy atom. The van der Waals surface area contributed by atoms with Gasteiger partial charge in [0.25, 0.3) is 0 Å². The van der Waals surface area contributed by atoms with Gasteiger partial charge in [0, 0.05) is 51.0 Å². The summed E-state index contributed by atoms with van der Waals surface area (Å²) in [4.78, 5) is 49.9. The van der Waals surface area contributed by atoms with Crippen LogP contribution in [0.15, 0.2) is 0 Å². The Morgan fingerprint density at radius 3 is 2.24 bits per heavy atom. The summed E-state index contributed by atoms with van der Waals surface area (Å²) in [5.74, 6) is 0.477. The van der Waals surface area contributed by atoms with E-state index in [9.17, 15) is 19.2 Å². The van der Waals surface area contributed by atoms with E-state index in [-0.39, 0.29) is 42.4 Å². The minimum absolute atomic E-state index is 0.0207. The lowest BCUT2D eigenvalue weighted by Crippen LogP contribution is -2.49. The maximum atomic E-state index is 12.8. The van der Waals surface area contributed by atoms with E-state index < -0.39 is 5.97 Å². The second kappa shape index (κ2) is 15.3. The number of carboxylic acids is 1. The number of aliphatic carboxylic acids is 1. The number of hydrogen-bond acceptors (Lipinski definition) is 4. The van der Waals surface area contributed by atoms with Crippen LogP contribution in [0, 0.1) is 17.8 Å². The predicted molar refractivity (Wildman–Crippen MR) is 146 cm³/mol. The highest BCUT2D eigenvalue weighted by Crippen LogP contribution is 2.29. The molecule has 0 aromatic carbocycles. The maximum Gasteiger partial charge on any atom is 0.315 e. The number of carbonyl (C=O) groups excluding carboxylic acids is 3. The molecule has 4 atom stereocenters. The molecule has 0 aromatic rings. The highest BCUT2D eigenvalue weighted by atomic mass is 16.4. The van der Waals surface area contributed by atoms with Crippen molar-refractivity contribution in [2.45, 2.75) is 128 Å². The van der Waals surface area contributed by atoms with E-state index in [1.54, 1.807) is 4.90 Å². The van der Waals surface area contributed by atoms with Gasteiger partial charge >= 0.3 is 12.0 Å². The maximum absolute atomic E-state index is 12.8. The van der Waals surface area contributed by atoms with Crippen molar-refractivity contribution in [3.63, 3.8) is 0 Å². The van der Waals surface area contributed by atoms with Crippen LogP contribution >= 0.6 is 0 Å². The van der Waals surface area contributed by atoms with Gasteiger partial charge in [0.1, 0.15) is 0 Å². The highest BCUT2D eigenvalue weighted by molar-refractivity contribution is 5.76. The quantitative estimate of drug-likeness (QED) is 0.316. The molecule has 0 heterocycles. The molecule has 3 aliphatic carbocycles. The molecule has 4 N–H and O–H groups in total. The lowest BCUT2D eigenvalue weighted by atomic mass is 9.83. The third kappa shape index (κ3) is 10.4. The number of nitrogens with one attached hydrogen (secondary N) is 3. The van der Waals surface area contributed by atoms with Gasteiger partial charge in [-0.1, -0.05) is 26.2 Å². The van der Waals surface area contributed by atoms with Crippen LogP contribution in [0.4, 0.5) is 4.79 Å². The molecule has 0 saturated heterocycles. The highest BCUT2D eigenvalue weighted by Gasteiger charge is 2.29. The van der Waals surface area contributed by atoms with E-state index in [1.807, 2.05) is 0 Å². The largest absolute Gasteiger partial charge is 0.481 e. The van der Waals surface area contributed by atoms with Crippen molar-refractivity contribution in [1.82, 2.24) is 20.9 Å². The Labute approximate surface area is 228 Å². The summed E-state index contributed by atoms with van der Waals surface area (Å²) >= 11 is 0. The molecule has 3 saturated carbocycles. The zero-order valence-electron chi connectivity index (χ0n) is 23.5. The van der Waals surface area contributed by atoms with Gasteiger partial charge in [-0.2, -0.15) is 0 Å². The predicted octanol–water partition coefficient (Wildman–Crippen LogP) is 4.20. The Balaban J connectivity index is 1.33. The first-order chi connectivity index (χ1) is 18.2. The van der Waals surface area contributed by atoms with E-state index in [0.29, 0.717) is 43.7 Å². The topological polar surface area (TPSA) is 128 Å². The van der Waals surface area contributed by atoms with Gasteiger partial charge in [-0.15, -0.1) is 0 Å².